The van der Waals surface area contributed by atoms with E-state index in [9.17, 15) is 0 Å². The lowest BCUT2D eigenvalue weighted by Gasteiger charge is -2.22. The van der Waals surface area contributed by atoms with Crippen LogP contribution in [0.3, 0.4) is 0 Å². The van der Waals surface area contributed by atoms with Crippen molar-refractivity contribution in [2.75, 3.05) is 14.1 Å². The van der Waals surface area contributed by atoms with Gasteiger partial charge in [-0.25, -0.2) is 0 Å². The van der Waals surface area contributed by atoms with Crippen LogP contribution >= 0.6 is 0 Å². The first-order valence-corrected chi connectivity index (χ1v) is 6.17. The molecule has 1 aromatic carbocycles. The molecule has 0 radical (unpaired) electrons. The topological polar surface area (TPSA) is 32.0 Å². The molecule has 0 amide bonds. The largest absolute Gasteiger partial charge is 0.346 e. The summed E-state index contributed by atoms with van der Waals surface area (Å²) >= 11 is 0. The molecular formula is C15H19N3. The summed E-state index contributed by atoms with van der Waals surface area (Å²) in [6, 6.07) is 10.9. The summed E-state index contributed by atoms with van der Waals surface area (Å²) in [5.74, 6) is 0. The molecule has 1 heterocycles. The summed E-state index contributed by atoms with van der Waals surface area (Å²) in [6.07, 6.45) is 0.467. The van der Waals surface area contributed by atoms with Gasteiger partial charge in [-0.3, -0.25) is 0 Å². The predicted octanol–water partition coefficient (Wildman–Crippen LogP) is 2.87. The van der Waals surface area contributed by atoms with E-state index in [2.05, 4.69) is 55.7 Å². The number of hydrogen-bond acceptors (Lipinski definition) is 2. The molecule has 1 aromatic heterocycles. The van der Waals surface area contributed by atoms with Gasteiger partial charge in [-0.05, 0) is 32.6 Å². The number of benzene rings is 1. The maximum absolute atomic E-state index is 9.06. The normalized spacial score (nSPS) is 12.9. The molecule has 0 N–H and O–H groups in total. The molecular weight excluding hydrogens is 222 g/mol. The Morgan fingerprint density at radius 3 is 2.61 bits per heavy atom. The van der Waals surface area contributed by atoms with E-state index in [1.807, 2.05) is 12.1 Å². The van der Waals surface area contributed by atoms with E-state index >= 15 is 0 Å². The number of fused-ring (bicyclic) bond motifs is 1. The van der Waals surface area contributed by atoms with Gasteiger partial charge < -0.3 is 9.47 Å². The van der Waals surface area contributed by atoms with Gasteiger partial charge in [0.25, 0.3) is 0 Å². The lowest BCUT2D eigenvalue weighted by atomic mass is 10.0. The van der Waals surface area contributed by atoms with Crippen molar-refractivity contribution >= 4 is 10.9 Å². The second kappa shape index (κ2) is 4.83. The molecule has 0 aliphatic carbocycles. The van der Waals surface area contributed by atoms with Gasteiger partial charge in [0.05, 0.1) is 12.5 Å². The fourth-order valence-corrected chi connectivity index (χ4v) is 2.53. The van der Waals surface area contributed by atoms with Crippen molar-refractivity contribution in [2.24, 2.45) is 7.05 Å². The molecule has 94 valence electrons. The fourth-order valence-electron chi connectivity index (χ4n) is 2.53. The molecule has 0 aliphatic heterocycles. The highest BCUT2D eigenvalue weighted by atomic mass is 15.1. The first kappa shape index (κ1) is 12.7. The van der Waals surface area contributed by atoms with E-state index < -0.39 is 0 Å². The highest BCUT2D eigenvalue weighted by molar-refractivity contribution is 5.86. The minimum absolute atomic E-state index is 0.297. The van der Waals surface area contributed by atoms with Gasteiger partial charge >= 0.3 is 0 Å². The second-order valence-electron chi connectivity index (χ2n) is 4.91. The third-order valence-corrected chi connectivity index (χ3v) is 3.69. The zero-order chi connectivity index (χ0) is 13.3. The molecule has 0 saturated heterocycles. The molecule has 1 atom stereocenters. The SMILES string of the molecule is CC(c1c(CC#N)c2ccccc2n1C)N(C)C. The summed E-state index contributed by atoms with van der Waals surface area (Å²) < 4.78 is 2.21. The van der Waals surface area contributed by atoms with Gasteiger partial charge in [-0.1, -0.05) is 18.2 Å². The fraction of sp³-hybridized carbons (Fsp3) is 0.400. The first-order valence-electron chi connectivity index (χ1n) is 6.17. The number of para-hydroxylation sites is 1. The Morgan fingerprint density at radius 2 is 2.00 bits per heavy atom. The van der Waals surface area contributed by atoms with Gasteiger partial charge in [0.2, 0.25) is 0 Å². The smallest absolute Gasteiger partial charge is 0.0670 e. The van der Waals surface area contributed by atoms with E-state index in [0.29, 0.717) is 12.5 Å². The van der Waals surface area contributed by atoms with Gasteiger partial charge in [-0.2, -0.15) is 5.26 Å². The van der Waals surface area contributed by atoms with E-state index in [4.69, 9.17) is 5.26 Å². The van der Waals surface area contributed by atoms with Crippen molar-refractivity contribution in [3.63, 3.8) is 0 Å². The van der Waals surface area contributed by atoms with Crippen LogP contribution in [0.4, 0.5) is 0 Å². The van der Waals surface area contributed by atoms with Crippen LogP contribution in [-0.4, -0.2) is 23.6 Å². The highest BCUT2D eigenvalue weighted by Gasteiger charge is 2.20. The van der Waals surface area contributed by atoms with Crippen molar-refractivity contribution in [1.82, 2.24) is 9.47 Å². The number of rotatable bonds is 3. The molecule has 0 aliphatic rings. The number of aryl methyl sites for hydroxylation is 1. The maximum atomic E-state index is 9.06. The van der Waals surface area contributed by atoms with E-state index in [-0.39, 0.29) is 0 Å². The Kier molecular flexibility index (Phi) is 3.40. The zero-order valence-electron chi connectivity index (χ0n) is 11.4. The Bertz CT molecular complexity index is 602. The number of hydrogen-bond donors (Lipinski definition) is 0. The Morgan fingerprint density at radius 1 is 1.33 bits per heavy atom. The average Bonchev–Trinajstić information content (AvgIpc) is 2.63. The van der Waals surface area contributed by atoms with Crippen LogP contribution in [0.15, 0.2) is 24.3 Å². The summed E-state index contributed by atoms with van der Waals surface area (Å²) in [5.41, 5.74) is 3.60. The van der Waals surface area contributed by atoms with Gasteiger partial charge in [0.1, 0.15) is 0 Å². The highest BCUT2D eigenvalue weighted by Crippen LogP contribution is 2.31. The molecule has 1 unspecified atom stereocenters. The van der Waals surface area contributed by atoms with Crippen molar-refractivity contribution in [3.8, 4) is 6.07 Å². The predicted molar refractivity (Wildman–Crippen MR) is 74.3 cm³/mol. The molecule has 0 spiro atoms. The number of aromatic nitrogens is 1. The van der Waals surface area contributed by atoms with Crippen molar-refractivity contribution in [1.29, 1.82) is 5.26 Å². The number of nitrogens with zero attached hydrogens (tertiary/aromatic N) is 3. The molecule has 0 bridgehead atoms. The summed E-state index contributed by atoms with van der Waals surface area (Å²) in [7, 11) is 6.22. The van der Waals surface area contributed by atoms with Crippen LogP contribution in [0.5, 0.6) is 0 Å². The maximum Gasteiger partial charge on any atom is 0.0670 e. The Balaban J connectivity index is 2.74. The van der Waals surface area contributed by atoms with Crippen LogP contribution < -0.4 is 0 Å². The van der Waals surface area contributed by atoms with Crippen LogP contribution in [0.1, 0.15) is 24.2 Å². The van der Waals surface area contributed by atoms with E-state index in [0.717, 1.165) is 5.56 Å². The quantitative estimate of drug-likeness (QED) is 0.827. The Labute approximate surface area is 108 Å². The monoisotopic (exact) mass is 241 g/mol. The summed E-state index contributed by atoms with van der Waals surface area (Å²) in [6.45, 7) is 2.18. The molecule has 3 heteroatoms. The summed E-state index contributed by atoms with van der Waals surface area (Å²) in [4.78, 5) is 2.18. The second-order valence-corrected chi connectivity index (χ2v) is 4.91. The van der Waals surface area contributed by atoms with Crippen molar-refractivity contribution < 1.29 is 0 Å². The minimum atomic E-state index is 0.297. The van der Waals surface area contributed by atoms with Gasteiger partial charge in [0, 0.05) is 29.7 Å². The number of nitriles is 1. The molecule has 2 aromatic rings. The van der Waals surface area contributed by atoms with Crippen molar-refractivity contribution in [2.45, 2.75) is 19.4 Å². The molecule has 18 heavy (non-hydrogen) atoms. The van der Waals surface area contributed by atoms with E-state index in [1.54, 1.807) is 0 Å². The molecule has 0 saturated carbocycles. The first-order chi connectivity index (χ1) is 8.57. The van der Waals surface area contributed by atoms with E-state index in [1.165, 1.54) is 16.6 Å². The minimum Gasteiger partial charge on any atom is -0.346 e. The lowest BCUT2D eigenvalue weighted by molar-refractivity contribution is 0.309. The third-order valence-electron chi connectivity index (χ3n) is 3.69. The molecule has 2 rings (SSSR count). The third kappa shape index (κ3) is 1.89. The lowest BCUT2D eigenvalue weighted by Crippen LogP contribution is -2.20. The standard InChI is InChI=1S/C15H19N3/c1-11(17(2)3)15-13(9-10-16)12-7-5-6-8-14(12)18(15)4/h5-8,11H,9H2,1-4H3. The molecule has 3 nitrogen and oxygen atoms in total. The van der Waals surface area contributed by atoms with Gasteiger partial charge in [0.15, 0.2) is 0 Å². The van der Waals surface area contributed by atoms with Crippen LogP contribution in [0.2, 0.25) is 0 Å². The van der Waals surface area contributed by atoms with Crippen molar-refractivity contribution in [3.05, 3.63) is 35.5 Å². The zero-order valence-corrected chi connectivity index (χ0v) is 11.4. The van der Waals surface area contributed by atoms with Gasteiger partial charge in [-0.15, -0.1) is 0 Å². The Hall–Kier alpha value is -1.79. The van der Waals surface area contributed by atoms with Crippen LogP contribution in [0, 0.1) is 11.3 Å². The van der Waals surface area contributed by atoms with Crippen LogP contribution in [-0.2, 0) is 13.5 Å². The average molecular weight is 241 g/mol. The molecule has 0 fully saturated rings. The summed E-state index contributed by atoms with van der Waals surface area (Å²) in [5, 5.41) is 10.3. The van der Waals surface area contributed by atoms with Crippen LogP contribution in [0.25, 0.3) is 10.9 Å².